The molecule has 0 fully saturated rings. The number of hydrogen-bond donors (Lipinski definition) is 0. The topological polar surface area (TPSA) is 61.3 Å². The average molecular weight is 310 g/mol. The Morgan fingerprint density at radius 2 is 2.00 bits per heavy atom. The van der Waals surface area contributed by atoms with Gasteiger partial charge in [-0.25, -0.2) is 13.9 Å². The molecule has 0 N–H and O–H groups in total. The number of aromatic nitrogens is 4. The standard InChI is InChI=1S/C17H18N4O2/c1-4-5-8-21-17(23)20-10-9-19(16(22)15(20)18-21)14-7-6-12(2)11-13(14)3/h4,6-7,9-11H,1,5,8H2,2-3H3. The van der Waals surface area contributed by atoms with Crippen molar-refractivity contribution in [1.82, 2.24) is 18.7 Å². The molecule has 6 heteroatoms. The normalized spacial score (nSPS) is 11.0. The van der Waals surface area contributed by atoms with Gasteiger partial charge in [0.1, 0.15) is 0 Å². The molecule has 0 atom stereocenters. The fraction of sp³-hybridized carbons (Fsp3) is 0.235. The third-order valence-electron chi connectivity index (χ3n) is 3.80. The fourth-order valence-electron chi connectivity index (χ4n) is 2.63. The number of benzene rings is 1. The Hall–Kier alpha value is -2.89. The molecule has 0 aliphatic rings. The van der Waals surface area contributed by atoms with Crippen LogP contribution in [-0.4, -0.2) is 18.7 Å². The fourth-order valence-corrected chi connectivity index (χ4v) is 2.63. The summed E-state index contributed by atoms with van der Waals surface area (Å²) in [6.45, 7) is 8.00. The van der Waals surface area contributed by atoms with Crippen LogP contribution >= 0.6 is 0 Å². The summed E-state index contributed by atoms with van der Waals surface area (Å²) in [5.41, 5.74) is 2.41. The van der Waals surface area contributed by atoms with Gasteiger partial charge in [0, 0.05) is 18.9 Å². The van der Waals surface area contributed by atoms with E-state index < -0.39 is 0 Å². The van der Waals surface area contributed by atoms with Gasteiger partial charge in [0.2, 0.25) is 5.65 Å². The van der Waals surface area contributed by atoms with E-state index in [0.717, 1.165) is 16.8 Å². The SMILES string of the molecule is C=CCCn1nc2c(=O)n(-c3ccc(C)cc3C)ccn2c1=O. The molecule has 0 bridgehead atoms. The predicted octanol–water partition coefficient (Wildman–Crippen LogP) is 1.84. The number of allylic oxidation sites excluding steroid dienone is 1. The zero-order valence-corrected chi connectivity index (χ0v) is 13.2. The van der Waals surface area contributed by atoms with E-state index in [0.29, 0.717) is 13.0 Å². The third kappa shape index (κ3) is 2.52. The van der Waals surface area contributed by atoms with E-state index in [1.54, 1.807) is 18.5 Å². The molecule has 0 aliphatic carbocycles. The van der Waals surface area contributed by atoms with E-state index in [4.69, 9.17) is 0 Å². The van der Waals surface area contributed by atoms with Crippen molar-refractivity contribution in [3.63, 3.8) is 0 Å². The van der Waals surface area contributed by atoms with Gasteiger partial charge in [-0.1, -0.05) is 23.8 Å². The van der Waals surface area contributed by atoms with Crippen LogP contribution in [0.2, 0.25) is 0 Å². The number of hydrogen-bond acceptors (Lipinski definition) is 3. The summed E-state index contributed by atoms with van der Waals surface area (Å²) in [7, 11) is 0. The first-order valence-electron chi connectivity index (χ1n) is 7.42. The summed E-state index contributed by atoms with van der Waals surface area (Å²) in [5.74, 6) is 0. The summed E-state index contributed by atoms with van der Waals surface area (Å²) in [6, 6.07) is 5.87. The highest BCUT2D eigenvalue weighted by molar-refractivity contribution is 5.45. The highest BCUT2D eigenvalue weighted by Crippen LogP contribution is 2.13. The molecule has 3 aromatic rings. The van der Waals surface area contributed by atoms with Gasteiger partial charge in [-0.15, -0.1) is 11.7 Å². The quantitative estimate of drug-likeness (QED) is 0.691. The van der Waals surface area contributed by atoms with E-state index in [-0.39, 0.29) is 16.9 Å². The molecular formula is C17H18N4O2. The third-order valence-corrected chi connectivity index (χ3v) is 3.80. The first kappa shape index (κ1) is 15.0. The molecule has 23 heavy (non-hydrogen) atoms. The van der Waals surface area contributed by atoms with Crippen LogP contribution in [0.15, 0.2) is 52.8 Å². The van der Waals surface area contributed by atoms with Crippen LogP contribution in [0, 0.1) is 13.8 Å². The van der Waals surface area contributed by atoms with Gasteiger partial charge >= 0.3 is 11.2 Å². The molecule has 0 aliphatic heterocycles. The van der Waals surface area contributed by atoms with Gasteiger partial charge in [0.25, 0.3) is 0 Å². The number of fused-ring (bicyclic) bond motifs is 1. The molecular weight excluding hydrogens is 292 g/mol. The number of aryl methyl sites for hydroxylation is 3. The molecule has 0 spiro atoms. The van der Waals surface area contributed by atoms with Crippen LogP contribution in [0.1, 0.15) is 17.5 Å². The Labute approximate surface area is 132 Å². The van der Waals surface area contributed by atoms with Crippen molar-refractivity contribution in [2.75, 3.05) is 0 Å². The molecule has 0 saturated heterocycles. The Morgan fingerprint density at radius 3 is 2.70 bits per heavy atom. The zero-order valence-electron chi connectivity index (χ0n) is 13.2. The Balaban J connectivity index is 2.21. The van der Waals surface area contributed by atoms with Gasteiger partial charge < -0.3 is 0 Å². The van der Waals surface area contributed by atoms with E-state index in [1.165, 1.54) is 13.6 Å². The van der Waals surface area contributed by atoms with Crippen molar-refractivity contribution in [3.05, 3.63) is 75.2 Å². The molecule has 0 amide bonds. The highest BCUT2D eigenvalue weighted by Gasteiger charge is 2.13. The van der Waals surface area contributed by atoms with Gasteiger partial charge in [0.15, 0.2) is 0 Å². The smallest absolute Gasteiger partial charge is 0.279 e. The van der Waals surface area contributed by atoms with Crippen molar-refractivity contribution >= 4 is 5.65 Å². The lowest BCUT2D eigenvalue weighted by Crippen LogP contribution is -2.24. The Morgan fingerprint density at radius 1 is 1.22 bits per heavy atom. The second-order valence-electron chi connectivity index (χ2n) is 5.54. The first-order valence-corrected chi connectivity index (χ1v) is 7.42. The van der Waals surface area contributed by atoms with E-state index in [1.807, 2.05) is 32.0 Å². The second-order valence-corrected chi connectivity index (χ2v) is 5.54. The summed E-state index contributed by atoms with van der Waals surface area (Å²) in [6.07, 6.45) is 5.52. The van der Waals surface area contributed by atoms with Crippen molar-refractivity contribution in [3.8, 4) is 5.69 Å². The monoisotopic (exact) mass is 310 g/mol. The Bertz CT molecular complexity index is 1010. The molecule has 0 saturated carbocycles. The minimum atomic E-state index is -0.313. The van der Waals surface area contributed by atoms with Crippen LogP contribution in [0.3, 0.4) is 0 Å². The lowest BCUT2D eigenvalue weighted by Gasteiger charge is -2.09. The first-order chi connectivity index (χ1) is 11.0. The molecule has 6 nitrogen and oxygen atoms in total. The van der Waals surface area contributed by atoms with Crippen molar-refractivity contribution in [2.45, 2.75) is 26.8 Å². The van der Waals surface area contributed by atoms with Crippen LogP contribution in [0.5, 0.6) is 0 Å². The van der Waals surface area contributed by atoms with E-state index in [9.17, 15) is 9.59 Å². The van der Waals surface area contributed by atoms with E-state index in [2.05, 4.69) is 11.7 Å². The molecule has 1 aromatic carbocycles. The van der Waals surface area contributed by atoms with Crippen molar-refractivity contribution in [2.24, 2.45) is 0 Å². The van der Waals surface area contributed by atoms with Gasteiger partial charge in [-0.2, -0.15) is 0 Å². The summed E-state index contributed by atoms with van der Waals surface area (Å²) in [5, 5.41) is 4.17. The molecule has 3 rings (SSSR count). The maximum atomic E-state index is 12.7. The second kappa shape index (κ2) is 5.72. The lowest BCUT2D eigenvalue weighted by atomic mass is 10.1. The van der Waals surface area contributed by atoms with E-state index >= 15 is 0 Å². The predicted molar refractivity (Wildman–Crippen MR) is 89.3 cm³/mol. The van der Waals surface area contributed by atoms with Crippen LogP contribution in [0.4, 0.5) is 0 Å². The van der Waals surface area contributed by atoms with Crippen LogP contribution < -0.4 is 11.2 Å². The maximum absolute atomic E-state index is 12.7. The largest absolute Gasteiger partial charge is 0.350 e. The maximum Gasteiger partial charge on any atom is 0.350 e. The molecule has 118 valence electrons. The Kier molecular flexibility index (Phi) is 3.73. The molecule has 2 heterocycles. The summed E-state index contributed by atoms with van der Waals surface area (Å²) < 4.78 is 4.10. The summed E-state index contributed by atoms with van der Waals surface area (Å²) >= 11 is 0. The zero-order chi connectivity index (χ0) is 16.6. The molecule has 0 unspecified atom stereocenters. The van der Waals surface area contributed by atoms with Gasteiger partial charge in [-0.05, 0) is 31.9 Å². The number of rotatable bonds is 4. The minimum Gasteiger partial charge on any atom is -0.279 e. The average Bonchev–Trinajstić information content (AvgIpc) is 2.84. The summed E-state index contributed by atoms with van der Waals surface area (Å²) in [4.78, 5) is 24.9. The van der Waals surface area contributed by atoms with Gasteiger partial charge in [0.05, 0.1) is 5.69 Å². The van der Waals surface area contributed by atoms with Crippen molar-refractivity contribution in [1.29, 1.82) is 0 Å². The molecule has 2 aromatic heterocycles. The molecule has 0 radical (unpaired) electrons. The number of nitrogens with zero attached hydrogens (tertiary/aromatic N) is 4. The highest BCUT2D eigenvalue weighted by atomic mass is 16.2. The van der Waals surface area contributed by atoms with Crippen molar-refractivity contribution < 1.29 is 0 Å². The van der Waals surface area contributed by atoms with Crippen LogP contribution in [0.25, 0.3) is 11.3 Å². The van der Waals surface area contributed by atoms with Crippen LogP contribution in [-0.2, 0) is 6.54 Å². The lowest BCUT2D eigenvalue weighted by molar-refractivity contribution is 0.601. The van der Waals surface area contributed by atoms with Gasteiger partial charge in [-0.3, -0.25) is 9.36 Å². The minimum absolute atomic E-state index is 0.126.